The van der Waals surface area contributed by atoms with Gasteiger partial charge in [0.1, 0.15) is 5.78 Å². The molecule has 76 valence electrons. The van der Waals surface area contributed by atoms with Crippen LogP contribution in [0.15, 0.2) is 12.2 Å². The Balaban J connectivity index is 2.09. The van der Waals surface area contributed by atoms with E-state index in [4.69, 9.17) is 0 Å². The first-order valence-corrected chi connectivity index (χ1v) is 5.98. The monoisotopic (exact) mass is 190 g/mol. The number of hydrogen-bond donors (Lipinski definition) is 0. The third-order valence-corrected chi connectivity index (χ3v) is 5.03. The molecule has 1 heteroatoms. The second-order valence-corrected chi connectivity index (χ2v) is 5.37. The molecular formula is C13H18O. The number of carbonyl (C=O) groups is 1. The lowest BCUT2D eigenvalue weighted by molar-refractivity contribution is -0.133. The van der Waals surface area contributed by atoms with E-state index in [1.54, 1.807) is 0 Å². The van der Waals surface area contributed by atoms with Gasteiger partial charge in [-0.2, -0.15) is 0 Å². The van der Waals surface area contributed by atoms with Crippen LogP contribution in [0.1, 0.15) is 51.4 Å². The fourth-order valence-electron chi connectivity index (χ4n) is 4.21. The van der Waals surface area contributed by atoms with Gasteiger partial charge in [0.2, 0.25) is 0 Å². The number of allylic oxidation sites excluding steroid dienone is 2. The quantitative estimate of drug-likeness (QED) is 0.536. The highest BCUT2D eigenvalue weighted by Crippen LogP contribution is 2.64. The van der Waals surface area contributed by atoms with Gasteiger partial charge in [0.05, 0.1) is 0 Å². The van der Waals surface area contributed by atoms with Crippen LogP contribution < -0.4 is 0 Å². The number of carbonyl (C=O) groups excluding carboxylic acids is 1. The van der Waals surface area contributed by atoms with E-state index in [0.717, 1.165) is 12.8 Å². The van der Waals surface area contributed by atoms with Gasteiger partial charge < -0.3 is 0 Å². The summed E-state index contributed by atoms with van der Waals surface area (Å²) in [5.41, 5.74) is 0.497. The van der Waals surface area contributed by atoms with Crippen LogP contribution in [0.5, 0.6) is 0 Å². The van der Waals surface area contributed by atoms with Crippen molar-refractivity contribution in [2.75, 3.05) is 0 Å². The zero-order valence-corrected chi connectivity index (χ0v) is 8.72. The van der Waals surface area contributed by atoms with Gasteiger partial charge in [-0.1, -0.05) is 25.0 Å². The summed E-state index contributed by atoms with van der Waals surface area (Å²) in [7, 11) is 0. The zero-order chi connectivity index (χ0) is 9.65. The maximum atomic E-state index is 12.1. The first-order valence-electron chi connectivity index (χ1n) is 5.98. The fraction of sp³-hybridized carbons (Fsp3) is 0.769. The summed E-state index contributed by atoms with van der Waals surface area (Å²) >= 11 is 0. The molecule has 3 aliphatic carbocycles. The van der Waals surface area contributed by atoms with E-state index in [-0.39, 0.29) is 5.41 Å². The lowest BCUT2D eigenvalue weighted by Crippen LogP contribution is -2.45. The molecule has 0 radical (unpaired) electrons. The van der Waals surface area contributed by atoms with Crippen LogP contribution in [-0.4, -0.2) is 5.78 Å². The van der Waals surface area contributed by atoms with Crippen LogP contribution in [0.25, 0.3) is 0 Å². The van der Waals surface area contributed by atoms with Gasteiger partial charge >= 0.3 is 0 Å². The van der Waals surface area contributed by atoms with Gasteiger partial charge in [-0.25, -0.2) is 0 Å². The van der Waals surface area contributed by atoms with Crippen LogP contribution >= 0.6 is 0 Å². The predicted molar refractivity (Wildman–Crippen MR) is 55.9 cm³/mol. The molecule has 2 fully saturated rings. The average molecular weight is 190 g/mol. The number of hydrogen-bond acceptors (Lipinski definition) is 1. The molecule has 0 aliphatic heterocycles. The molecular weight excluding hydrogens is 172 g/mol. The molecule has 0 amide bonds. The van der Waals surface area contributed by atoms with Crippen molar-refractivity contribution in [2.24, 2.45) is 10.8 Å². The maximum absolute atomic E-state index is 12.1. The molecule has 14 heavy (non-hydrogen) atoms. The Morgan fingerprint density at radius 1 is 1.00 bits per heavy atom. The highest BCUT2D eigenvalue weighted by atomic mass is 16.1. The minimum absolute atomic E-state index is 0.0972. The van der Waals surface area contributed by atoms with Gasteiger partial charge in [-0.3, -0.25) is 4.79 Å². The molecule has 0 aromatic carbocycles. The summed E-state index contributed by atoms with van der Waals surface area (Å²) in [6.45, 7) is 0. The topological polar surface area (TPSA) is 17.1 Å². The van der Waals surface area contributed by atoms with Crippen molar-refractivity contribution in [3.8, 4) is 0 Å². The molecule has 0 aromatic rings. The van der Waals surface area contributed by atoms with Crippen LogP contribution in [0, 0.1) is 10.8 Å². The van der Waals surface area contributed by atoms with Crippen molar-refractivity contribution in [1.82, 2.24) is 0 Å². The highest BCUT2D eigenvalue weighted by Gasteiger charge is 2.59. The van der Waals surface area contributed by atoms with Crippen molar-refractivity contribution in [1.29, 1.82) is 0 Å². The van der Waals surface area contributed by atoms with E-state index in [2.05, 4.69) is 12.2 Å². The maximum Gasteiger partial charge on any atom is 0.139 e. The molecule has 0 saturated heterocycles. The third kappa shape index (κ3) is 0.838. The molecule has 2 atom stereocenters. The zero-order valence-electron chi connectivity index (χ0n) is 8.72. The molecule has 1 nitrogen and oxygen atoms in total. The molecule has 0 bridgehead atoms. The Morgan fingerprint density at radius 2 is 1.79 bits per heavy atom. The predicted octanol–water partition coefficient (Wildman–Crippen LogP) is 3.25. The second kappa shape index (κ2) is 2.71. The molecule has 0 N–H and O–H groups in total. The van der Waals surface area contributed by atoms with Gasteiger partial charge in [0.15, 0.2) is 0 Å². The highest BCUT2D eigenvalue weighted by molar-refractivity contribution is 5.88. The van der Waals surface area contributed by atoms with E-state index in [0.29, 0.717) is 11.2 Å². The SMILES string of the molecule is O=C1CC[C@@]23CC=CC[C@@]12CCCC3. The third-order valence-electron chi connectivity index (χ3n) is 5.03. The smallest absolute Gasteiger partial charge is 0.139 e. The molecule has 0 heterocycles. The number of Topliss-reactive ketones (excluding diaryl/α,β-unsaturated/α-hetero) is 1. The molecule has 0 aromatic heterocycles. The summed E-state index contributed by atoms with van der Waals surface area (Å²) < 4.78 is 0. The number of ketones is 1. The van der Waals surface area contributed by atoms with Crippen LogP contribution in [0.4, 0.5) is 0 Å². The molecule has 3 aliphatic rings. The summed E-state index contributed by atoms with van der Waals surface area (Å²) in [6.07, 6.45) is 14.0. The standard InChI is InChI=1S/C13H18O/c14-11-5-10-12-6-1-3-8-13(11,12)9-4-2-7-12/h1,3H,2,4-10H2/t12-,13+/m0/s1. The average Bonchev–Trinajstić information content (AvgIpc) is 2.54. The van der Waals surface area contributed by atoms with E-state index in [9.17, 15) is 4.79 Å². The van der Waals surface area contributed by atoms with E-state index in [1.807, 2.05) is 0 Å². The van der Waals surface area contributed by atoms with Gasteiger partial charge in [0.25, 0.3) is 0 Å². The van der Waals surface area contributed by atoms with Crippen LogP contribution in [0.3, 0.4) is 0 Å². The lowest BCUT2D eigenvalue weighted by Gasteiger charge is -2.50. The Bertz CT molecular complexity index is 304. The summed E-state index contributed by atoms with van der Waals surface area (Å²) in [5, 5.41) is 0. The summed E-state index contributed by atoms with van der Waals surface area (Å²) in [6, 6.07) is 0. The number of rotatable bonds is 0. The van der Waals surface area contributed by atoms with Crippen molar-refractivity contribution in [2.45, 2.75) is 51.4 Å². The Labute approximate surface area is 85.6 Å². The molecule has 3 rings (SSSR count). The first-order chi connectivity index (χ1) is 6.79. The van der Waals surface area contributed by atoms with Gasteiger partial charge in [-0.05, 0) is 37.5 Å². The van der Waals surface area contributed by atoms with Crippen LogP contribution in [-0.2, 0) is 4.79 Å². The Morgan fingerprint density at radius 3 is 2.64 bits per heavy atom. The second-order valence-electron chi connectivity index (χ2n) is 5.37. The minimum Gasteiger partial charge on any atom is -0.299 e. The van der Waals surface area contributed by atoms with Crippen molar-refractivity contribution < 1.29 is 4.79 Å². The molecule has 0 spiro atoms. The van der Waals surface area contributed by atoms with Crippen LogP contribution in [0.2, 0.25) is 0 Å². The van der Waals surface area contributed by atoms with Crippen molar-refractivity contribution >= 4 is 5.78 Å². The van der Waals surface area contributed by atoms with Crippen molar-refractivity contribution in [3.05, 3.63) is 12.2 Å². The largest absolute Gasteiger partial charge is 0.299 e. The molecule has 2 saturated carbocycles. The Hall–Kier alpha value is -0.590. The lowest BCUT2D eigenvalue weighted by atomic mass is 9.53. The van der Waals surface area contributed by atoms with E-state index >= 15 is 0 Å². The van der Waals surface area contributed by atoms with Gasteiger partial charge in [0, 0.05) is 11.8 Å². The molecule has 0 unspecified atom stereocenters. The normalized spacial score (nSPS) is 46.1. The first kappa shape index (κ1) is 8.70. The van der Waals surface area contributed by atoms with Crippen molar-refractivity contribution in [3.63, 3.8) is 0 Å². The minimum atomic E-state index is 0.0972. The summed E-state index contributed by atoms with van der Waals surface area (Å²) in [4.78, 5) is 12.1. The van der Waals surface area contributed by atoms with E-state index < -0.39 is 0 Å². The Kier molecular flexibility index (Phi) is 1.68. The van der Waals surface area contributed by atoms with Gasteiger partial charge in [-0.15, -0.1) is 0 Å². The fourth-order valence-corrected chi connectivity index (χ4v) is 4.21. The summed E-state index contributed by atoms with van der Waals surface area (Å²) in [5.74, 6) is 0.585. The van der Waals surface area contributed by atoms with E-state index in [1.165, 1.54) is 38.5 Å².